The van der Waals surface area contributed by atoms with Crippen LogP contribution in [0.1, 0.15) is 0 Å². The van der Waals surface area contributed by atoms with Crippen molar-refractivity contribution in [2.45, 2.75) is 32.4 Å². The van der Waals surface area contributed by atoms with Crippen LogP contribution in [0.4, 0.5) is 0 Å². The predicted octanol–water partition coefficient (Wildman–Crippen LogP) is -1.29. The zero-order chi connectivity index (χ0) is 11.5. The molecule has 0 saturated heterocycles. The van der Waals surface area contributed by atoms with Gasteiger partial charge in [-0.25, -0.2) is 0 Å². The minimum atomic E-state index is -0.954. The van der Waals surface area contributed by atoms with Gasteiger partial charge in [0.1, 0.15) is 6.73 Å². The van der Waals surface area contributed by atoms with E-state index in [0.29, 0.717) is 6.73 Å². The number of ether oxygens (including phenoxy) is 1. The first-order valence-corrected chi connectivity index (χ1v) is 9.17. The molecule has 0 spiro atoms. The normalized spacial score (nSPS) is 11.9. The van der Waals surface area contributed by atoms with Gasteiger partial charge in [0.2, 0.25) is 0 Å². The molecular formula is C9H20B2N2OSi. The summed E-state index contributed by atoms with van der Waals surface area (Å²) in [7, 11) is 3.06. The third kappa shape index (κ3) is 4.71. The lowest BCUT2D eigenvalue weighted by Crippen LogP contribution is -2.24. The standard InChI is InChI=1S/C9H20B2N2OSi/c1-15(2,3)5-4-14-7-13-6-8(10)12-9(13)11/h6H,4-5,7,10-11H2,1-3H3. The van der Waals surface area contributed by atoms with E-state index in [2.05, 4.69) is 29.2 Å². The third-order valence-electron chi connectivity index (χ3n) is 2.32. The van der Waals surface area contributed by atoms with Gasteiger partial charge in [-0.15, -0.1) is 0 Å². The molecule has 0 radical (unpaired) electrons. The molecule has 1 rings (SSSR count). The van der Waals surface area contributed by atoms with Gasteiger partial charge in [0.25, 0.3) is 0 Å². The van der Waals surface area contributed by atoms with Crippen LogP contribution in [0, 0.1) is 0 Å². The van der Waals surface area contributed by atoms with Gasteiger partial charge in [0.15, 0.2) is 15.7 Å². The van der Waals surface area contributed by atoms with Gasteiger partial charge in [-0.2, -0.15) is 0 Å². The molecule has 0 fully saturated rings. The molecule has 0 aliphatic rings. The van der Waals surface area contributed by atoms with E-state index in [1.165, 1.54) is 6.04 Å². The number of imidazole rings is 1. The lowest BCUT2D eigenvalue weighted by molar-refractivity contribution is 0.0893. The first kappa shape index (κ1) is 12.6. The Morgan fingerprint density at radius 3 is 2.53 bits per heavy atom. The van der Waals surface area contributed by atoms with Gasteiger partial charge >= 0.3 is 0 Å². The molecule has 82 valence electrons. The van der Waals surface area contributed by atoms with Crippen molar-refractivity contribution in [1.29, 1.82) is 0 Å². The molecule has 0 atom stereocenters. The topological polar surface area (TPSA) is 27.1 Å². The van der Waals surface area contributed by atoms with Crippen molar-refractivity contribution in [3.63, 3.8) is 0 Å². The van der Waals surface area contributed by atoms with E-state index >= 15 is 0 Å². The lowest BCUT2D eigenvalue weighted by atomic mass is 10.1. The number of nitrogens with zero attached hydrogens (tertiary/aromatic N) is 2. The molecule has 0 aliphatic carbocycles. The monoisotopic (exact) mass is 222 g/mol. The van der Waals surface area contributed by atoms with Gasteiger partial charge in [-0.05, 0) is 6.04 Å². The molecule has 0 aliphatic heterocycles. The van der Waals surface area contributed by atoms with Crippen LogP contribution in [-0.4, -0.2) is 39.9 Å². The maximum absolute atomic E-state index is 5.65. The van der Waals surface area contributed by atoms with Crippen molar-refractivity contribution < 1.29 is 4.74 Å². The molecule has 1 aromatic rings. The van der Waals surface area contributed by atoms with E-state index < -0.39 is 8.07 Å². The van der Waals surface area contributed by atoms with Crippen molar-refractivity contribution >= 4 is 35.1 Å². The average molecular weight is 222 g/mol. The second kappa shape index (κ2) is 5.03. The maximum atomic E-state index is 5.65. The second-order valence-corrected chi connectivity index (χ2v) is 10.9. The molecule has 0 unspecified atom stereocenters. The third-order valence-corrected chi connectivity index (χ3v) is 4.03. The first-order chi connectivity index (χ1) is 6.88. The maximum Gasteiger partial charge on any atom is 0.186 e. The Hall–Kier alpha value is -0.483. The fourth-order valence-corrected chi connectivity index (χ4v) is 2.10. The summed E-state index contributed by atoms with van der Waals surface area (Å²) in [6.07, 6.45) is 2.03. The van der Waals surface area contributed by atoms with E-state index in [1.807, 2.05) is 21.9 Å². The summed E-state index contributed by atoms with van der Waals surface area (Å²) in [4.78, 5) is 4.33. The van der Waals surface area contributed by atoms with E-state index in [0.717, 1.165) is 17.9 Å². The summed E-state index contributed by atoms with van der Waals surface area (Å²) in [5.41, 5.74) is 2.08. The van der Waals surface area contributed by atoms with Crippen molar-refractivity contribution in [3.05, 3.63) is 6.20 Å². The molecular weight excluding hydrogens is 202 g/mol. The molecule has 6 heteroatoms. The fraction of sp³-hybridized carbons (Fsp3) is 0.667. The summed E-state index contributed by atoms with van der Waals surface area (Å²) >= 11 is 0. The highest BCUT2D eigenvalue weighted by atomic mass is 28.3. The quantitative estimate of drug-likeness (QED) is 0.458. The van der Waals surface area contributed by atoms with Crippen LogP contribution < -0.4 is 11.3 Å². The SMILES string of the molecule is Bc1cn(COCC[Si](C)(C)C)c(B)n1. The van der Waals surface area contributed by atoms with Crippen LogP contribution in [0.2, 0.25) is 25.7 Å². The second-order valence-electron chi connectivity index (χ2n) is 5.25. The Kier molecular flexibility index (Phi) is 4.22. The average Bonchev–Trinajstić information content (AvgIpc) is 2.37. The Balaban J connectivity index is 2.29. The molecule has 15 heavy (non-hydrogen) atoms. The van der Waals surface area contributed by atoms with Crippen LogP contribution in [0.25, 0.3) is 0 Å². The molecule has 3 nitrogen and oxygen atoms in total. The highest BCUT2D eigenvalue weighted by Crippen LogP contribution is 2.07. The van der Waals surface area contributed by atoms with Crippen LogP contribution in [0.3, 0.4) is 0 Å². The zero-order valence-corrected chi connectivity index (χ0v) is 11.5. The van der Waals surface area contributed by atoms with E-state index in [4.69, 9.17) is 4.74 Å². The van der Waals surface area contributed by atoms with E-state index in [-0.39, 0.29) is 0 Å². The van der Waals surface area contributed by atoms with Gasteiger partial charge in [-0.3, -0.25) is 4.98 Å². The van der Waals surface area contributed by atoms with Gasteiger partial charge in [0.05, 0.1) is 5.72 Å². The van der Waals surface area contributed by atoms with Gasteiger partial charge in [0, 0.05) is 26.5 Å². The van der Waals surface area contributed by atoms with Crippen LogP contribution in [0.15, 0.2) is 6.20 Å². The Bertz CT molecular complexity index is 322. The molecule has 0 N–H and O–H groups in total. The van der Waals surface area contributed by atoms with Crippen molar-refractivity contribution in [2.24, 2.45) is 0 Å². The van der Waals surface area contributed by atoms with Crippen molar-refractivity contribution in [1.82, 2.24) is 9.55 Å². The van der Waals surface area contributed by atoms with Crippen LogP contribution in [0.5, 0.6) is 0 Å². The molecule has 0 amide bonds. The predicted molar refractivity (Wildman–Crippen MR) is 72.7 cm³/mol. The Morgan fingerprint density at radius 1 is 1.40 bits per heavy atom. The molecule has 0 saturated carbocycles. The molecule has 0 bridgehead atoms. The van der Waals surface area contributed by atoms with Crippen LogP contribution >= 0.6 is 0 Å². The van der Waals surface area contributed by atoms with E-state index in [1.54, 1.807) is 0 Å². The number of rotatable bonds is 5. The highest BCUT2D eigenvalue weighted by Gasteiger charge is 2.12. The first-order valence-electron chi connectivity index (χ1n) is 5.46. The molecule has 0 aromatic carbocycles. The Labute approximate surface area is 95.1 Å². The summed E-state index contributed by atoms with van der Waals surface area (Å²) in [6.45, 7) is 8.60. The fourth-order valence-electron chi connectivity index (χ4n) is 1.34. The van der Waals surface area contributed by atoms with Gasteiger partial charge < -0.3 is 9.30 Å². The van der Waals surface area contributed by atoms with Crippen molar-refractivity contribution in [2.75, 3.05) is 6.61 Å². The zero-order valence-electron chi connectivity index (χ0n) is 10.5. The molecule has 1 aromatic heterocycles. The molecule has 1 heterocycles. The largest absolute Gasteiger partial charge is 0.361 e. The number of aromatic nitrogens is 2. The smallest absolute Gasteiger partial charge is 0.186 e. The van der Waals surface area contributed by atoms with Crippen LogP contribution in [-0.2, 0) is 11.5 Å². The summed E-state index contributed by atoms with van der Waals surface area (Å²) in [6, 6.07) is 1.22. The van der Waals surface area contributed by atoms with Gasteiger partial charge in [-0.1, -0.05) is 19.6 Å². The Morgan fingerprint density at radius 2 is 2.07 bits per heavy atom. The highest BCUT2D eigenvalue weighted by molar-refractivity contribution is 6.76. The number of hydrogen-bond donors (Lipinski definition) is 0. The minimum Gasteiger partial charge on any atom is -0.361 e. The van der Waals surface area contributed by atoms with Crippen molar-refractivity contribution in [3.8, 4) is 0 Å². The minimum absolute atomic E-state index is 0.636. The summed E-state index contributed by atoms with van der Waals surface area (Å²) in [5.74, 6) is 0. The number of hydrogen-bond acceptors (Lipinski definition) is 2. The summed E-state index contributed by atoms with van der Waals surface area (Å²) in [5, 5.41) is 0. The summed E-state index contributed by atoms with van der Waals surface area (Å²) < 4.78 is 7.70. The lowest BCUT2D eigenvalue weighted by Gasteiger charge is -2.15. The van der Waals surface area contributed by atoms with E-state index in [9.17, 15) is 0 Å².